The van der Waals surface area contributed by atoms with Gasteiger partial charge < -0.3 is 25.2 Å². The van der Waals surface area contributed by atoms with E-state index >= 15 is 0 Å². The van der Waals surface area contributed by atoms with Crippen LogP contribution < -0.4 is 10.6 Å². The smallest absolute Gasteiger partial charge is 0.409 e. The van der Waals surface area contributed by atoms with Crippen molar-refractivity contribution in [2.24, 2.45) is 0 Å². The fourth-order valence-electron chi connectivity index (χ4n) is 3.49. The minimum absolute atomic E-state index is 0.0277. The third kappa shape index (κ3) is 5.06. The summed E-state index contributed by atoms with van der Waals surface area (Å²) in [4.78, 5) is 44.8. The van der Waals surface area contributed by atoms with Crippen LogP contribution in [-0.2, 0) is 9.53 Å². The van der Waals surface area contributed by atoms with Crippen molar-refractivity contribution in [3.05, 3.63) is 41.6 Å². The molecule has 13 heteroatoms. The Labute approximate surface area is 199 Å². The van der Waals surface area contributed by atoms with Crippen molar-refractivity contribution in [3.8, 4) is 0 Å². The van der Waals surface area contributed by atoms with Crippen molar-refractivity contribution < 1.29 is 18.7 Å². The van der Waals surface area contributed by atoms with E-state index in [1.165, 1.54) is 37.8 Å². The summed E-state index contributed by atoms with van der Waals surface area (Å²) in [5, 5.41) is 6.03. The second-order valence-electron chi connectivity index (χ2n) is 7.55. The first-order chi connectivity index (χ1) is 16.4. The summed E-state index contributed by atoms with van der Waals surface area (Å²) >= 11 is 5.86. The van der Waals surface area contributed by atoms with Crippen LogP contribution in [0.4, 0.5) is 26.6 Å². The number of hydrogen-bond donors (Lipinski definition) is 2. The summed E-state index contributed by atoms with van der Waals surface area (Å²) in [7, 11) is 1.33. The van der Waals surface area contributed by atoms with Crippen molar-refractivity contribution in [2.75, 3.05) is 43.9 Å². The molecule has 0 saturated carbocycles. The Bertz CT molecular complexity index is 1220. The SMILES string of the molecule is COC(=O)N1CCN(C(=O)C(C)Nc2ncc3ncnc(Nc4ccc(F)c(Cl)c4)c3n2)CC1. The number of anilines is 3. The van der Waals surface area contributed by atoms with Gasteiger partial charge in [-0.1, -0.05) is 11.6 Å². The van der Waals surface area contributed by atoms with E-state index in [-0.39, 0.29) is 16.9 Å². The Morgan fingerprint density at radius 2 is 1.88 bits per heavy atom. The van der Waals surface area contributed by atoms with E-state index in [4.69, 9.17) is 16.3 Å². The zero-order chi connectivity index (χ0) is 24.2. The molecule has 1 saturated heterocycles. The van der Waals surface area contributed by atoms with E-state index in [1.54, 1.807) is 16.7 Å². The first-order valence-electron chi connectivity index (χ1n) is 10.4. The molecule has 2 aromatic heterocycles. The molecule has 2 N–H and O–H groups in total. The molecule has 1 aliphatic rings. The maximum absolute atomic E-state index is 13.5. The van der Waals surface area contributed by atoms with E-state index in [0.29, 0.717) is 48.7 Å². The lowest BCUT2D eigenvalue weighted by atomic mass is 10.2. The topological polar surface area (TPSA) is 125 Å². The Morgan fingerprint density at radius 1 is 1.15 bits per heavy atom. The number of carbonyl (C=O) groups excluding carboxylic acids is 2. The number of halogens is 2. The van der Waals surface area contributed by atoms with Crippen LogP contribution in [0.2, 0.25) is 5.02 Å². The lowest BCUT2D eigenvalue weighted by molar-refractivity contribution is -0.133. The molecule has 4 rings (SSSR count). The van der Waals surface area contributed by atoms with Gasteiger partial charge in [0.1, 0.15) is 29.2 Å². The Morgan fingerprint density at radius 3 is 2.59 bits per heavy atom. The normalized spacial score (nSPS) is 14.6. The number of benzene rings is 1. The molecule has 1 fully saturated rings. The van der Waals surface area contributed by atoms with E-state index in [1.807, 2.05) is 0 Å². The van der Waals surface area contributed by atoms with Gasteiger partial charge in [0.05, 0.1) is 18.3 Å². The number of carbonyl (C=O) groups is 2. The van der Waals surface area contributed by atoms with Crippen molar-refractivity contribution in [3.63, 3.8) is 0 Å². The van der Waals surface area contributed by atoms with Gasteiger partial charge in [-0.05, 0) is 25.1 Å². The van der Waals surface area contributed by atoms with Crippen molar-refractivity contribution in [1.29, 1.82) is 0 Å². The molecule has 1 aromatic carbocycles. The largest absolute Gasteiger partial charge is 0.453 e. The fourth-order valence-corrected chi connectivity index (χ4v) is 3.67. The minimum atomic E-state index is -0.612. The highest BCUT2D eigenvalue weighted by molar-refractivity contribution is 6.31. The van der Waals surface area contributed by atoms with Gasteiger partial charge in [0.2, 0.25) is 11.9 Å². The van der Waals surface area contributed by atoms with Gasteiger partial charge >= 0.3 is 6.09 Å². The molecule has 1 unspecified atom stereocenters. The van der Waals surface area contributed by atoms with Gasteiger partial charge in [-0.15, -0.1) is 0 Å². The standard InChI is InChI=1S/C21H22ClFN8O3/c1-12(19(32)30-5-7-31(8-6-30)21(33)34-2)27-20-24-10-16-17(29-20)18(26-11-25-16)28-13-3-4-15(23)14(22)9-13/h3-4,9-12H,5-8H2,1-2H3,(H,24,27,29)(H,25,26,28). The molecular weight excluding hydrogens is 467 g/mol. The monoisotopic (exact) mass is 488 g/mol. The van der Waals surface area contributed by atoms with Crippen molar-refractivity contribution in [2.45, 2.75) is 13.0 Å². The summed E-state index contributed by atoms with van der Waals surface area (Å²) in [5.74, 6) is -0.0802. The number of fused-ring (bicyclic) bond motifs is 1. The summed E-state index contributed by atoms with van der Waals surface area (Å²) in [6, 6.07) is 3.59. The van der Waals surface area contributed by atoms with Crippen LogP contribution in [0, 0.1) is 5.82 Å². The highest BCUT2D eigenvalue weighted by atomic mass is 35.5. The molecule has 11 nitrogen and oxygen atoms in total. The second kappa shape index (κ2) is 10.00. The number of methoxy groups -OCH3 is 1. The lowest BCUT2D eigenvalue weighted by Gasteiger charge is -2.35. The molecular formula is C21H22ClFN8O3. The summed E-state index contributed by atoms with van der Waals surface area (Å²) in [6.45, 7) is 3.32. The number of hydrogen-bond acceptors (Lipinski definition) is 9. The summed E-state index contributed by atoms with van der Waals surface area (Å²) in [5.41, 5.74) is 1.41. The average Bonchev–Trinajstić information content (AvgIpc) is 2.85. The summed E-state index contributed by atoms with van der Waals surface area (Å²) in [6.07, 6.45) is 2.46. The molecule has 3 heterocycles. The lowest BCUT2D eigenvalue weighted by Crippen LogP contribution is -2.53. The molecule has 2 amide bonds. The Kier molecular flexibility index (Phi) is 6.87. The van der Waals surface area contributed by atoms with E-state index in [2.05, 4.69) is 30.6 Å². The van der Waals surface area contributed by atoms with Crippen LogP contribution in [0.25, 0.3) is 11.0 Å². The third-order valence-electron chi connectivity index (χ3n) is 5.30. The number of piperazine rings is 1. The van der Waals surface area contributed by atoms with Gasteiger partial charge in [0.25, 0.3) is 0 Å². The maximum atomic E-state index is 13.5. The molecule has 1 atom stereocenters. The van der Waals surface area contributed by atoms with Gasteiger partial charge in [-0.3, -0.25) is 4.79 Å². The number of aromatic nitrogens is 4. The van der Waals surface area contributed by atoms with Crippen LogP contribution in [0.15, 0.2) is 30.7 Å². The number of rotatable bonds is 5. The average molecular weight is 489 g/mol. The molecule has 3 aromatic rings. The Balaban J connectivity index is 1.47. The van der Waals surface area contributed by atoms with Crippen LogP contribution in [0.5, 0.6) is 0 Å². The van der Waals surface area contributed by atoms with Gasteiger partial charge in [0, 0.05) is 31.9 Å². The molecule has 0 spiro atoms. The molecule has 34 heavy (non-hydrogen) atoms. The third-order valence-corrected chi connectivity index (χ3v) is 5.59. The van der Waals surface area contributed by atoms with Gasteiger partial charge in [-0.25, -0.2) is 29.1 Å². The van der Waals surface area contributed by atoms with Crippen molar-refractivity contribution >= 4 is 52.1 Å². The van der Waals surface area contributed by atoms with Crippen LogP contribution in [-0.4, -0.2) is 81.1 Å². The quantitative estimate of drug-likeness (QED) is 0.557. The number of nitrogens with zero attached hydrogens (tertiary/aromatic N) is 6. The molecule has 0 radical (unpaired) electrons. The Hall–Kier alpha value is -3.80. The molecule has 0 aliphatic carbocycles. The fraction of sp³-hybridized carbons (Fsp3) is 0.333. The highest BCUT2D eigenvalue weighted by Gasteiger charge is 2.27. The first kappa shape index (κ1) is 23.4. The summed E-state index contributed by atoms with van der Waals surface area (Å²) < 4.78 is 18.2. The van der Waals surface area contributed by atoms with Crippen LogP contribution in [0.3, 0.4) is 0 Å². The number of ether oxygens (including phenoxy) is 1. The second-order valence-corrected chi connectivity index (χ2v) is 7.96. The van der Waals surface area contributed by atoms with Gasteiger partial charge in [0.15, 0.2) is 5.82 Å². The number of amides is 2. The zero-order valence-corrected chi connectivity index (χ0v) is 19.2. The highest BCUT2D eigenvalue weighted by Crippen LogP contribution is 2.25. The molecule has 178 valence electrons. The van der Waals surface area contributed by atoms with Crippen molar-refractivity contribution in [1.82, 2.24) is 29.7 Å². The predicted octanol–water partition coefficient (Wildman–Crippen LogP) is 2.67. The first-order valence-corrected chi connectivity index (χ1v) is 10.8. The number of nitrogens with one attached hydrogen (secondary N) is 2. The van der Waals surface area contributed by atoms with E-state index in [9.17, 15) is 14.0 Å². The zero-order valence-electron chi connectivity index (χ0n) is 18.5. The molecule has 1 aliphatic heterocycles. The van der Waals surface area contributed by atoms with Crippen LogP contribution >= 0.6 is 11.6 Å². The van der Waals surface area contributed by atoms with E-state index in [0.717, 1.165) is 0 Å². The predicted molar refractivity (Wildman–Crippen MR) is 123 cm³/mol. The maximum Gasteiger partial charge on any atom is 0.409 e. The van der Waals surface area contributed by atoms with E-state index < -0.39 is 18.0 Å². The minimum Gasteiger partial charge on any atom is -0.453 e. The van der Waals surface area contributed by atoms with Gasteiger partial charge in [-0.2, -0.15) is 0 Å². The van der Waals surface area contributed by atoms with Crippen LogP contribution in [0.1, 0.15) is 6.92 Å². The molecule has 0 bridgehead atoms.